The van der Waals surface area contributed by atoms with Crippen LogP contribution in [0.4, 0.5) is 10.2 Å². The van der Waals surface area contributed by atoms with Gasteiger partial charge < -0.3 is 28.8 Å². The van der Waals surface area contributed by atoms with Crippen molar-refractivity contribution in [2.45, 2.75) is 101 Å². The summed E-state index contributed by atoms with van der Waals surface area (Å²) in [5, 5.41) is 4.68. The maximum absolute atomic E-state index is 16.1. The Morgan fingerprint density at radius 2 is 1.86 bits per heavy atom. The minimum absolute atomic E-state index is 0.0156. The van der Waals surface area contributed by atoms with Crippen LogP contribution in [0.5, 0.6) is 11.8 Å². The lowest BCUT2D eigenvalue weighted by Crippen LogP contribution is -2.45. The molecule has 2 bridgehead atoms. The number of nitrogens with one attached hydrogen (secondary N) is 3. The number of alkyl halides is 1. The normalized spacial score (nSPS) is 29.0. The van der Waals surface area contributed by atoms with Gasteiger partial charge in [0.2, 0.25) is 0 Å². The molecule has 2 saturated carbocycles. The molecule has 12 nitrogen and oxygen atoms in total. The summed E-state index contributed by atoms with van der Waals surface area (Å²) in [6.45, 7) is 6.41. The van der Waals surface area contributed by atoms with E-state index in [4.69, 9.17) is 29.2 Å². The second-order valence-corrected chi connectivity index (χ2v) is 17.1. The third-order valence-electron chi connectivity index (χ3n) is 13.4. The molecule has 0 spiro atoms. The number of nitrogens with zero attached hydrogens (tertiary/aromatic N) is 6. The number of anilines is 1. The summed E-state index contributed by atoms with van der Waals surface area (Å²) in [5.41, 5.74) is 14.1. The Morgan fingerprint density at radius 1 is 1.00 bits per heavy atom. The third kappa shape index (κ3) is 6.36. The summed E-state index contributed by atoms with van der Waals surface area (Å²) >= 11 is 0. The van der Waals surface area contributed by atoms with Crippen LogP contribution in [-0.2, 0) is 17.8 Å². The van der Waals surface area contributed by atoms with Gasteiger partial charge in [0.25, 0.3) is 0 Å². The number of aromatic nitrogens is 5. The fraction of sp³-hybridized carbons (Fsp3) is 0.535. The van der Waals surface area contributed by atoms with Crippen LogP contribution in [-0.4, -0.2) is 87.6 Å². The topological polar surface area (TPSA) is 123 Å². The Kier molecular flexibility index (Phi) is 8.82. The molecule has 7 atom stereocenters. The summed E-state index contributed by atoms with van der Waals surface area (Å²) in [7, 11) is 0. The van der Waals surface area contributed by atoms with Gasteiger partial charge in [0.15, 0.2) is 5.65 Å². The van der Waals surface area contributed by atoms with Crippen LogP contribution in [0.2, 0.25) is 0 Å². The van der Waals surface area contributed by atoms with Gasteiger partial charge in [0.05, 0.1) is 25.1 Å². The molecule has 6 fully saturated rings. The van der Waals surface area contributed by atoms with Gasteiger partial charge in [-0.25, -0.2) is 9.37 Å². The van der Waals surface area contributed by atoms with E-state index in [1.165, 1.54) is 11.1 Å². The lowest BCUT2D eigenvalue weighted by molar-refractivity contribution is 0.0219. The van der Waals surface area contributed by atoms with Crippen molar-refractivity contribution in [2.24, 2.45) is 11.8 Å². The average Bonchev–Trinajstić information content (AvgIpc) is 3.51. The molecule has 2 aliphatic carbocycles. The van der Waals surface area contributed by atoms with E-state index in [0.29, 0.717) is 50.3 Å². The first-order chi connectivity index (χ1) is 27.5. The second kappa shape index (κ2) is 14.2. The van der Waals surface area contributed by atoms with Crippen LogP contribution in [0.25, 0.3) is 16.6 Å². The molecular formula is C43H50FN9O3. The number of ether oxygens (including phenoxy) is 3. The molecule has 6 aliphatic rings. The highest BCUT2D eigenvalue weighted by molar-refractivity contribution is 5.96. The van der Waals surface area contributed by atoms with Crippen LogP contribution in [0, 0.1) is 11.8 Å². The SMILES string of the molecule is CC1C(F)CC2NNCC2C1c1c(C2CC2)cc2c(N3C[C@@H]4C[C@H]3CN4)nc(OC3CCOCC3)nc2c1OCc1ccc(Cc2cn3ccncc3n2)cc1. The standard InChI is InChI=1S/C43H50FN9O3/c1-24-35(44)17-36-34(19-47-51-36)38(24)39-32(27-6-7-27)16-33-40(49-43(56-31-8-12-54-13-9-31)50-42(33)53-22-28-15-30(53)18-46-28)41(39)55-23-26-4-2-25(3-5-26)14-29-21-52-11-10-45-20-37(52)48-29/h2-5,10-11,16,20-21,24,27-28,30-31,34-36,38,46-47,51H,6-9,12-15,17-19,22-23H2,1H3/t24?,28-,30-,34?,35?,36?,38?/m0/s1. The molecular weight excluding hydrogens is 710 g/mol. The molecule has 2 aromatic carbocycles. The van der Waals surface area contributed by atoms with Crippen LogP contribution in [0.1, 0.15) is 85.2 Å². The van der Waals surface area contributed by atoms with E-state index in [-0.39, 0.29) is 29.9 Å². The van der Waals surface area contributed by atoms with Gasteiger partial charge in [-0.1, -0.05) is 31.2 Å². The first kappa shape index (κ1) is 34.8. The Balaban J connectivity index is 1.02. The highest BCUT2D eigenvalue weighted by Gasteiger charge is 2.49. The Morgan fingerprint density at radius 3 is 2.64 bits per heavy atom. The highest BCUT2D eigenvalue weighted by atomic mass is 19.1. The molecule has 7 heterocycles. The minimum atomic E-state index is -0.929. The van der Waals surface area contributed by atoms with Crippen molar-refractivity contribution in [3.05, 3.63) is 83.1 Å². The molecule has 11 rings (SSSR count). The number of hydrogen-bond donors (Lipinski definition) is 3. The maximum atomic E-state index is 16.1. The fourth-order valence-electron chi connectivity index (χ4n) is 10.3. The summed E-state index contributed by atoms with van der Waals surface area (Å²) < 4.78 is 37.6. The maximum Gasteiger partial charge on any atom is 0.319 e. The summed E-state index contributed by atoms with van der Waals surface area (Å²) in [5.74, 6) is 2.11. The quantitative estimate of drug-likeness (QED) is 0.170. The van der Waals surface area contributed by atoms with E-state index in [1.54, 1.807) is 12.4 Å². The number of fused-ring (bicyclic) bond motifs is 5. The van der Waals surface area contributed by atoms with E-state index >= 15 is 4.39 Å². The molecule has 4 aliphatic heterocycles. The molecule has 3 aromatic heterocycles. The van der Waals surface area contributed by atoms with E-state index in [2.05, 4.69) is 69.5 Å². The van der Waals surface area contributed by atoms with Gasteiger partial charge in [-0.3, -0.25) is 15.8 Å². The fourth-order valence-corrected chi connectivity index (χ4v) is 10.3. The van der Waals surface area contributed by atoms with Crippen molar-refractivity contribution in [1.29, 1.82) is 0 Å². The predicted octanol–water partition coefficient (Wildman–Crippen LogP) is 5.38. The number of hydrazine groups is 1. The second-order valence-electron chi connectivity index (χ2n) is 17.1. The lowest BCUT2D eigenvalue weighted by atomic mass is 9.65. The van der Waals surface area contributed by atoms with Crippen molar-refractivity contribution in [3.63, 3.8) is 0 Å². The average molecular weight is 760 g/mol. The third-order valence-corrected chi connectivity index (χ3v) is 13.4. The zero-order chi connectivity index (χ0) is 37.3. The number of hydrogen-bond acceptors (Lipinski definition) is 11. The Bertz CT molecular complexity index is 2210. The van der Waals surface area contributed by atoms with Crippen LogP contribution in [0.3, 0.4) is 0 Å². The van der Waals surface area contributed by atoms with E-state index in [0.717, 1.165) is 103 Å². The van der Waals surface area contributed by atoms with Gasteiger partial charge in [0.1, 0.15) is 36.0 Å². The Labute approximate surface area is 325 Å². The number of halogens is 1. The number of imidazole rings is 1. The summed E-state index contributed by atoms with van der Waals surface area (Å²) in [4.78, 5) is 21.9. The van der Waals surface area contributed by atoms with Crippen molar-refractivity contribution in [2.75, 3.05) is 37.7 Å². The largest absolute Gasteiger partial charge is 0.486 e. The van der Waals surface area contributed by atoms with Crippen LogP contribution in [0.15, 0.2) is 55.1 Å². The zero-order valence-electron chi connectivity index (χ0n) is 31.9. The van der Waals surface area contributed by atoms with Crippen LogP contribution >= 0.6 is 0 Å². The van der Waals surface area contributed by atoms with Crippen molar-refractivity contribution < 1.29 is 18.6 Å². The first-order valence-electron chi connectivity index (χ1n) is 20.8. The molecule has 0 radical (unpaired) electrons. The van der Waals surface area contributed by atoms with Gasteiger partial charge in [0, 0.05) is 86.6 Å². The van der Waals surface area contributed by atoms with Crippen LogP contribution < -0.4 is 30.5 Å². The predicted molar refractivity (Wildman–Crippen MR) is 210 cm³/mol. The first-order valence-corrected chi connectivity index (χ1v) is 20.8. The monoisotopic (exact) mass is 759 g/mol. The zero-order valence-corrected chi connectivity index (χ0v) is 31.9. The molecule has 4 saturated heterocycles. The van der Waals surface area contributed by atoms with E-state index in [1.807, 2.05) is 10.6 Å². The smallest absolute Gasteiger partial charge is 0.319 e. The van der Waals surface area contributed by atoms with E-state index in [9.17, 15) is 0 Å². The van der Waals surface area contributed by atoms with Gasteiger partial charge in [-0.2, -0.15) is 9.97 Å². The molecule has 5 aromatic rings. The number of piperazine rings is 1. The number of rotatable bonds is 10. The lowest BCUT2D eigenvalue weighted by Gasteiger charge is -2.41. The van der Waals surface area contributed by atoms with Gasteiger partial charge in [-0.15, -0.1) is 0 Å². The highest BCUT2D eigenvalue weighted by Crippen LogP contribution is 2.55. The van der Waals surface area contributed by atoms with Gasteiger partial charge in [-0.05, 0) is 72.1 Å². The Hall–Kier alpha value is -4.43. The van der Waals surface area contributed by atoms with Gasteiger partial charge >= 0.3 is 6.01 Å². The molecule has 56 heavy (non-hydrogen) atoms. The summed E-state index contributed by atoms with van der Waals surface area (Å²) in [6.07, 6.45) is 12.8. The molecule has 5 unspecified atom stereocenters. The number of benzene rings is 2. The van der Waals surface area contributed by atoms with Crippen molar-refractivity contribution in [1.82, 2.24) is 40.5 Å². The molecule has 3 N–H and O–H groups in total. The molecule has 0 amide bonds. The molecule has 13 heteroatoms. The van der Waals surface area contributed by atoms with Crippen molar-refractivity contribution >= 4 is 22.4 Å². The van der Waals surface area contributed by atoms with E-state index < -0.39 is 6.17 Å². The summed E-state index contributed by atoms with van der Waals surface area (Å²) in [6, 6.07) is 12.2. The molecule has 292 valence electrons. The minimum Gasteiger partial charge on any atom is -0.486 e. The van der Waals surface area contributed by atoms with Crippen molar-refractivity contribution in [3.8, 4) is 11.8 Å².